The van der Waals surface area contributed by atoms with Gasteiger partial charge in [0.05, 0.1) is 24.2 Å². The van der Waals surface area contributed by atoms with Crippen LogP contribution in [0.4, 0.5) is 0 Å². The lowest BCUT2D eigenvalue weighted by Gasteiger charge is -2.08. The topological polar surface area (TPSA) is 74.9 Å². The molecule has 4 rings (SSSR count). The molecule has 0 unspecified atom stereocenters. The van der Waals surface area contributed by atoms with Gasteiger partial charge < -0.3 is 14.2 Å². The molecule has 3 aromatic rings. The van der Waals surface area contributed by atoms with Crippen molar-refractivity contribution in [1.29, 1.82) is 0 Å². The summed E-state index contributed by atoms with van der Waals surface area (Å²) in [5.74, 6) is 2.28. The number of ether oxygens (including phenoxy) is 3. The highest BCUT2D eigenvalue weighted by atomic mass is 79.9. The quantitative estimate of drug-likeness (QED) is 0.614. The lowest BCUT2D eigenvalue weighted by Crippen LogP contribution is -2.20. The van der Waals surface area contributed by atoms with Crippen molar-refractivity contribution in [2.45, 2.75) is 6.92 Å². The Morgan fingerprint density at radius 2 is 2.04 bits per heavy atom. The molecule has 0 amide bonds. The minimum Gasteiger partial charge on any atom is -0.496 e. The third kappa shape index (κ3) is 2.82. The van der Waals surface area contributed by atoms with Gasteiger partial charge in [-0.15, -0.1) is 0 Å². The van der Waals surface area contributed by atoms with Gasteiger partial charge in [0.25, 0.3) is 5.56 Å². The SMILES string of the molecule is COc1cc2c(cc1C=Nn1c(C)nc3ccc(Br)cc3c1=O)OCO2. The van der Waals surface area contributed by atoms with Crippen LogP contribution in [0.2, 0.25) is 0 Å². The molecule has 2 heterocycles. The zero-order chi connectivity index (χ0) is 18.3. The van der Waals surface area contributed by atoms with Crippen molar-refractivity contribution in [2.75, 3.05) is 13.9 Å². The molecular formula is C18H14BrN3O4. The van der Waals surface area contributed by atoms with E-state index in [2.05, 4.69) is 26.0 Å². The standard InChI is InChI=1S/C18H14BrN3O4/c1-10-21-14-4-3-12(19)6-13(14)18(23)22(10)20-8-11-5-16-17(26-9-25-16)7-15(11)24-2/h3-8H,9H2,1-2H3. The van der Waals surface area contributed by atoms with Crippen LogP contribution in [0.1, 0.15) is 11.4 Å². The van der Waals surface area contributed by atoms with Crippen LogP contribution in [0.15, 0.2) is 44.7 Å². The molecule has 7 nitrogen and oxygen atoms in total. The smallest absolute Gasteiger partial charge is 0.282 e. The molecule has 0 aliphatic carbocycles. The molecular weight excluding hydrogens is 402 g/mol. The molecule has 2 aromatic carbocycles. The Hall–Kier alpha value is -2.87. The van der Waals surface area contributed by atoms with Crippen molar-refractivity contribution in [3.8, 4) is 17.2 Å². The molecule has 0 atom stereocenters. The number of fused-ring (bicyclic) bond motifs is 2. The zero-order valence-corrected chi connectivity index (χ0v) is 15.6. The highest BCUT2D eigenvalue weighted by Crippen LogP contribution is 2.37. The summed E-state index contributed by atoms with van der Waals surface area (Å²) in [4.78, 5) is 17.2. The van der Waals surface area contributed by atoms with Gasteiger partial charge in [-0.3, -0.25) is 4.79 Å². The minimum absolute atomic E-state index is 0.168. The van der Waals surface area contributed by atoms with E-state index in [0.29, 0.717) is 39.5 Å². The monoisotopic (exact) mass is 415 g/mol. The van der Waals surface area contributed by atoms with Gasteiger partial charge in [-0.05, 0) is 31.2 Å². The summed E-state index contributed by atoms with van der Waals surface area (Å²) in [6, 6.07) is 8.87. The molecule has 26 heavy (non-hydrogen) atoms. The Morgan fingerprint density at radius 1 is 1.27 bits per heavy atom. The first-order valence-electron chi connectivity index (χ1n) is 7.78. The normalized spacial score (nSPS) is 12.9. The van der Waals surface area contributed by atoms with Crippen LogP contribution in [0, 0.1) is 6.92 Å². The fourth-order valence-corrected chi connectivity index (χ4v) is 3.09. The molecule has 1 aliphatic heterocycles. The fraction of sp³-hybridized carbons (Fsp3) is 0.167. The molecule has 1 aliphatic rings. The Bertz CT molecular complexity index is 1110. The summed E-state index contributed by atoms with van der Waals surface area (Å²) in [7, 11) is 1.56. The van der Waals surface area contributed by atoms with E-state index < -0.39 is 0 Å². The summed E-state index contributed by atoms with van der Waals surface area (Å²) in [6.45, 7) is 1.90. The summed E-state index contributed by atoms with van der Waals surface area (Å²) in [6.07, 6.45) is 1.54. The number of hydrogen-bond acceptors (Lipinski definition) is 6. The number of halogens is 1. The van der Waals surface area contributed by atoms with Gasteiger partial charge in [-0.2, -0.15) is 9.78 Å². The Morgan fingerprint density at radius 3 is 2.81 bits per heavy atom. The number of methoxy groups -OCH3 is 1. The predicted octanol–water partition coefficient (Wildman–Crippen LogP) is 3.09. The van der Waals surface area contributed by atoms with Gasteiger partial charge in [0.15, 0.2) is 11.5 Å². The van der Waals surface area contributed by atoms with E-state index in [1.165, 1.54) is 4.68 Å². The van der Waals surface area contributed by atoms with Gasteiger partial charge >= 0.3 is 0 Å². The molecule has 0 saturated carbocycles. The summed E-state index contributed by atoms with van der Waals surface area (Å²) in [5.41, 5.74) is 1.05. The Balaban J connectivity index is 1.81. The van der Waals surface area contributed by atoms with E-state index in [4.69, 9.17) is 14.2 Å². The first-order valence-corrected chi connectivity index (χ1v) is 8.57. The third-order valence-electron chi connectivity index (χ3n) is 4.01. The lowest BCUT2D eigenvalue weighted by atomic mass is 10.2. The number of rotatable bonds is 3. The molecule has 132 valence electrons. The number of aryl methyl sites for hydroxylation is 1. The second-order valence-corrected chi connectivity index (χ2v) is 6.55. The summed E-state index contributed by atoms with van der Waals surface area (Å²) < 4.78 is 18.2. The molecule has 0 fully saturated rings. The summed E-state index contributed by atoms with van der Waals surface area (Å²) >= 11 is 3.38. The first-order chi connectivity index (χ1) is 12.6. The van der Waals surface area contributed by atoms with Crippen LogP contribution in [-0.2, 0) is 0 Å². The third-order valence-corrected chi connectivity index (χ3v) is 4.50. The van der Waals surface area contributed by atoms with E-state index in [9.17, 15) is 4.79 Å². The minimum atomic E-state index is -0.246. The van der Waals surface area contributed by atoms with Gasteiger partial charge in [0.1, 0.15) is 11.6 Å². The van der Waals surface area contributed by atoms with Crippen LogP contribution in [0.25, 0.3) is 10.9 Å². The largest absolute Gasteiger partial charge is 0.496 e. The molecule has 0 spiro atoms. The van der Waals surface area contributed by atoms with Crippen molar-refractivity contribution in [3.63, 3.8) is 0 Å². The van der Waals surface area contributed by atoms with Crippen LogP contribution < -0.4 is 19.8 Å². The van der Waals surface area contributed by atoms with Gasteiger partial charge in [0.2, 0.25) is 6.79 Å². The second-order valence-electron chi connectivity index (χ2n) is 5.63. The van der Waals surface area contributed by atoms with Gasteiger partial charge in [-0.1, -0.05) is 15.9 Å². The molecule has 8 heteroatoms. The van der Waals surface area contributed by atoms with E-state index >= 15 is 0 Å². The van der Waals surface area contributed by atoms with Crippen molar-refractivity contribution in [3.05, 3.63) is 56.5 Å². The highest BCUT2D eigenvalue weighted by Gasteiger charge is 2.17. The fourth-order valence-electron chi connectivity index (χ4n) is 2.73. The van der Waals surface area contributed by atoms with E-state index in [0.717, 1.165) is 4.47 Å². The highest BCUT2D eigenvalue weighted by molar-refractivity contribution is 9.10. The average molecular weight is 416 g/mol. The Labute approximate surface area is 157 Å². The van der Waals surface area contributed by atoms with Gasteiger partial charge in [-0.25, -0.2) is 4.98 Å². The van der Waals surface area contributed by atoms with Crippen LogP contribution in [-0.4, -0.2) is 29.8 Å². The number of nitrogens with zero attached hydrogens (tertiary/aromatic N) is 3. The maximum absolute atomic E-state index is 12.8. The maximum atomic E-state index is 12.8. The number of aromatic nitrogens is 2. The predicted molar refractivity (Wildman–Crippen MR) is 101 cm³/mol. The van der Waals surface area contributed by atoms with Crippen molar-refractivity contribution >= 4 is 33.0 Å². The maximum Gasteiger partial charge on any atom is 0.282 e. The molecule has 1 aromatic heterocycles. The van der Waals surface area contributed by atoms with E-state index in [-0.39, 0.29) is 12.4 Å². The molecule has 0 bridgehead atoms. The number of hydrogen-bond donors (Lipinski definition) is 0. The van der Waals surface area contributed by atoms with Crippen LogP contribution >= 0.6 is 15.9 Å². The van der Waals surface area contributed by atoms with Crippen molar-refractivity contribution < 1.29 is 14.2 Å². The number of benzene rings is 2. The molecule has 0 N–H and O–H groups in total. The van der Waals surface area contributed by atoms with Crippen molar-refractivity contribution in [1.82, 2.24) is 9.66 Å². The van der Waals surface area contributed by atoms with Crippen LogP contribution in [0.5, 0.6) is 17.2 Å². The second kappa shape index (κ2) is 6.45. The van der Waals surface area contributed by atoms with Crippen LogP contribution in [0.3, 0.4) is 0 Å². The molecule has 0 saturated heterocycles. The molecule has 0 radical (unpaired) electrons. The Kier molecular flexibility index (Phi) is 4.12. The van der Waals surface area contributed by atoms with Crippen molar-refractivity contribution in [2.24, 2.45) is 5.10 Å². The average Bonchev–Trinajstić information content (AvgIpc) is 3.08. The zero-order valence-electron chi connectivity index (χ0n) is 14.0. The summed E-state index contributed by atoms with van der Waals surface area (Å²) in [5, 5.41) is 4.80. The van der Waals surface area contributed by atoms with E-state index in [1.54, 1.807) is 44.5 Å². The van der Waals surface area contributed by atoms with Gasteiger partial charge in [0, 0.05) is 16.1 Å². The lowest BCUT2D eigenvalue weighted by molar-refractivity contribution is 0.174. The van der Waals surface area contributed by atoms with E-state index in [1.807, 2.05) is 6.07 Å². The first kappa shape index (κ1) is 16.6.